The highest BCUT2D eigenvalue weighted by Crippen LogP contribution is 2.30. The highest BCUT2D eigenvalue weighted by molar-refractivity contribution is 14.0. The van der Waals surface area contributed by atoms with Gasteiger partial charge in [0.2, 0.25) is 5.91 Å². The standard InChI is InChI=1S/C18H30N4O3.HI/c1-5-11-20-17(23)10-12-21-18(19-6-2)22-14-8-9-15(24-4)16(13-14)25-7-3;/h8-9,13H,5-7,10-12H2,1-4H3,(H,20,23)(H2,19,21,22);1H. The molecule has 148 valence electrons. The number of ether oxygens (including phenoxy) is 2. The van der Waals surface area contributed by atoms with E-state index in [-0.39, 0.29) is 29.9 Å². The predicted octanol–water partition coefficient (Wildman–Crippen LogP) is 3.01. The molecule has 8 heteroatoms. The van der Waals surface area contributed by atoms with Crippen molar-refractivity contribution in [1.82, 2.24) is 10.6 Å². The fraction of sp³-hybridized carbons (Fsp3) is 0.556. The van der Waals surface area contributed by atoms with E-state index in [0.29, 0.717) is 43.6 Å². The molecule has 0 fully saturated rings. The van der Waals surface area contributed by atoms with E-state index in [1.807, 2.05) is 39.0 Å². The molecule has 0 aliphatic rings. The maximum Gasteiger partial charge on any atom is 0.221 e. The molecule has 0 aliphatic heterocycles. The largest absolute Gasteiger partial charge is 0.493 e. The van der Waals surface area contributed by atoms with Gasteiger partial charge in [0.25, 0.3) is 0 Å². The van der Waals surface area contributed by atoms with Crippen LogP contribution in [-0.2, 0) is 4.79 Å². The lowest BCUT2D eigenvalue weighted by molar-refractivity contribution is -0.120. The summed E-state index contributed by atoms with van der Waals surface area (Å²) in [4.78, 5) is 16.1. The molecule has 0 saturated carbocycles. The van der Waals surface area contributed by atoms with E-state index in [0.717, 1.165) is 18.7 Å². The maximum atomic E-state index is 11.6. The van der Waals surface area contributed by atoms with E-state index in [4.69, 9.17) is 9.47 Å². The molecule has 0 heterocycles. The van der Waals surface area contributed by atoms with E-state index < -0.39 is 0 Å². The second kappa shape index (κ2) is 14.5. The van der Waals surface area contributed by atoms with Crippen LogP contribution >= 0.6 is 24.0 Å². The van der Waals surface area contributed by atoms with Crippen LogP contribution in [0, 0.1) is 0 Å². The molecule has 0 saturated heterocycles. The number of nitrogens with one attached hydrogen (secondary N) is 3. The first-order valence-corrected chi connectivity index (χ1v) is 8.77. The van der Waals surface area contributed by atoms with Crippen LogP contribution < -0.4 is 25.4 Å². The molecule has 1 amide bonds. The first-order valence-electron chi connectivity index (χ1n) is 8.77. The maximum absolute atomic E-state index is 11.6. The van der Waals surface area contributed by atoms with Gasteiger partial charge in [0, 0.05) is 31.3 Å². The zero-order valence-electron chi connectivity index (χ0n) is 16.1. The smallest absolute Gasteiger partial charge is 0.221 e. The third kappa shape index (κ3) is 9.12. The van der Waals surface area contributed by atoms with Crippen LogP contribution in [0.5, 0.6) is 11.5 Å². The first-order chi connectivity index (χ1) is 12.1. The van der Waals surface area contributed by atoms with Crippen molar-refractivity contribution in [3.05, 3.63) is 18.2 Å². The molecule has 0 aliphatic carbocycles. The molecule has 0 spiro atoms. The molecule has 0 bridgehead atoms. The SMILES string of the molecule is CCCNC(=O)CCN=C(NCC)Nc1ccc(OC)c(OCC)c1.I. The predicted molar refractivity (Wildman–Crippen MR) is 117 cm³/mol. The van der Waals surface area contributed by atoms with Crippen molar-refractivity contribution in [2.24, 2.45) is 4.99 Å². The van der Waals surface area contributed by atoms with E-state index >= 15 is 0 Å². The molecule has 1 aromatic rings. The number of carbonyl (C=O) groups excluding carboxylic acids is 1. The molecule has 1 rings (SSSR count). The van der Waals surface area contributed by atoms with Gasteiger partial charge in [-0.1, -0.05) is 6.92 Å². The Balaban J connectivity index is 0.00000625. The van der Waals surface area contributed by atoms with Crippen LogP contribution in [0.1, 0.15) is 33.6 Å². The van der Waals surface area contributed by atoms with Crippen molar-refractivity contribution in [3.63, 3.8) is 0 Å². The summed E-state index contributed by atoms with van der Waals surface area (Å²) in [6, 6.07) is 5.60. The lowest BCUT2D eigenvalue weighted by Gasteiger charge is -2.14. The molecule has 0 atom stereocenters. The molecular weight excluding hydrogens is 447 g/mol. The molecule has 3 N–H and O–H groups in total. The zero-order valence-corrected chi connectivity index (χ0v) is 18.4. The number of nitrogens with zero attached hydrogens (tertiary/aromatic N) is 1. The first kappa shape index (κ1) is 24.3. The van der Waals surface area contributed by atoms with Crippen LogP contribution in [0.15, 0.2) is 23.2 Å². The van der Waals surface area contributed by atoms with Gasteiger partial charge in [0.05, 0.1) is 20.3 Å². The second-order valence-corrected chi connectivity index (χ2v) is 5.28. The topological polar surface area (TPSA) is 84.0 Å². The normalized spacial score (nSPS) is 10.5. The van der Waals surface area contributed by atoms with Gasteiger partial charge in [-0.25, -0.2) is 0 Å². The summed E-state index contributed by atoms with van der Waals surface area (Å²) in [6.07, 6.45) is 1.29. The number of halogens is 1. The minimum Gasteiger partial charge on any atom is -0.493 e. The number of guanidine groups is 1. The van der Waals surface area contributed by atoms with Gasteiger partial charge in [0.15, 0.2) is 17.5 Å². The molecule has 0 radical (unpaired) electrons. The van der Waals surface area contributed by atoms with Gasteiger partial charge in [0.1, 0.15) is 0 Å². The number of aliphatic imine (C=N–C) groups is 1. The number of benzene rings is 1. The summed E-state index contributed by atoms with van der Waals surface area (Å²) in [7, 11) is 1.61. The van der Waals surface area contributed by atoms with Crippen LogP contribution in [0.3, 0.4) is 0 Å². The number of rotatable bonds is 10. The van der Waals surface area contributed by atoms with E-state index in [1.54, 1.807) is 7.11 Å². The van der Waals surface area contributed by atoms with Crippen LogP contribution in [0.4, 0.5) is 5.69 Å². The van der Waals surface area contributed by atoms with Gasteiger partial charge < -0.3 is 25.4 Å². The second-order valence-electron chi connectivity index (χ2n) is 5.28. The van der Waals surface area contributed by atoms with Crippen molar-refractivity contribution in [2.45, 2.75) is 33.6 Å². The summed E-state index contributed by atoms with van der Waals surface area (Å²) in [5.74, 6) is 2.00. The Bertz CT molecular complexity index is 567. The average Bonchev–Trinajstić information content (AvgIpc) is 2.60. The number of methoxy groups -OCH3 is 1. The van der Waals surface area contributed by atoms with Crippen molar-refractivity contribution < 1.29 is 14.3 Å². The molecule has 0 aromatic heterocycles. The average molecular weight is 478 g/mol. The lowest BCUT2D eigenvalue weighted by atomic mass is 10.2. The zero-order chi connectivity index (χ0) is 18.5. The lowest BCUT2D eigenvalue weighted by Crippen LogP contribution is -2.31. The quantitative estimate of drug-likeness (QED) is 0.274. The molecule has 1 aromatic carbocycles. The monoisotopic (exact) mass is 478 g/mol. The van der Waals surface area contributed by atoms with Gasteiger partial charge in [-0.15, -0.1) is 24.0 Å². The summed E-state index contributed by atoms with van der Waals surface area (Å²) in [5.41, 5.74) is 0.833. The Morgan fingerprint density at radius 1 is 1.15 bits per heavy atom. The van der Waals surface area contributed by atoms with Crippen LogP contribution in [0.2, 0.25) is 0 Å². The van der Waals surface area contributed by atoms with Crippen molar-refractivity contribution >= 4 is 41.5 Å². The fourth-order valence-electron chi connectivity index (χ4n) is 2.09. The van der Waals surface area contributed by atoms with Crippen molar-refractivity contribution in [3.8, 4) is 11.5 Å². The van der Waals surface area contributed by atoms with E-state index in [2.05, 4.69) is 20.9 Å². The summed E-state index contributed by atoms with van der Waals surface area (Å²) in [6.45, 7) is 8.34. The minimum atomic E-state index is 0. The third-order valence-electron chi connectivity index (χ3n) is 3.25. The molecule has 7 nitrogen and oxygen atoms in total. The van der Waals surface area contributed by atoms with Gasteiger partial charge in [-0.05, 0) is 32.4 Å². The summed E-state index contributed by atoms with van der Waals surface area (Å²) < 4.78 is 10.9. The summed E-state index contributed by atoms with van der Waals surface area (Å²) >= 11 is 0. The van der Waals surface area contributed by atoms with E-state index in [9.17, 15) is 4.79 Å². The third-order valence-corrected chi connectivity index (χ3v) is 3.25. The fourth-order valence-corrected chi connectivity index (χ4v) is 2.09. The Morgan fingerprint density at radius 3 is 2.54 bits per heavy atom. The number of hydrogen-bond acceptors (Lipinski definition) is 4. The molecule has 26 heavy (non-hydrogen) atoms. The Kier molecular flexibility index (Phi) is 13.5. The van der Waals surface area contributed by atoms with Gasteiger partial charge >= 0.3 is 0 Å². The van der Waals surface area contributed by atoms with E-state index in [1.165, 1.54) is 0 Å². The number of carbonyl (C=O) groups is 1. The van der Waals surface area contributed by atoms with Gasteiger partial charge in [-0.3, -0.25) is 9.79 Å². The Labute approximate surface area is 173 Å². The summed E-state index contributed by atoms with van der Waals surface area (Å²) in [5, 5.41) is 9.22. The Morgan fingerprint density at radius 2 is 1.92 bits per heavy atom. The highest BCUT2D eigenvalue weighted by atomic mass is 127. The number of amides is 1. The van der Waals surface area contributed by atoms with Crippen LogP contribution in [-0.4, -0.2) is 45.2 Å². The highest BCUT2D eigenvalue weighted by Gasteiger charge is 2.07. The minimum absolute atomic E-state index is 0. The Hall–Kier alpha value is -1.71. The number of hydrogen-bond donors (Lipinski definition) is 3. The molecule has 0 unspecified atom stereocenters. The number of anilines is 1. The van der Waals surface area contributed by atoms with Gasteiger partial charge in [-0.2, -0.15) is 0 Å². The van der Waals surface area contributed by atoms with Crippen molar-refractivity contribution in [1.29, 1.82) is 0 Å². The van der Waals surface area contributed by atoms with Crippen molar-refractivity contribution in [2.75, 3.05) is 38.7 Å². The molecular formula is C18H31IN4O3. The van der Waals surface area contributed by atoms with Crippen LogP contribution in [0.25, 0.3) is 0 Å².